The molecular weight excluding hydrogens is 256 g/mol. The molecule has 1 heterocycles. The molecular formula is C16H14O4. The van der Waals surface area contributed by atoms with Crippen molar-refractivity contribution in [2.24, 2.45) is 0 Å². The van der Waals surface area contributed by atoms with E-state index < -0.39 is 0 Å². The van der Waals surface area contributed by atoms with Crippen LogP contribution in [0.2, 0.25) is 0 Å². The second-order valence-corrected chi connectivity index (χ2v) is 4.46. The van der Waals surface area contributed by atoms with Crippen molar-refractivity contribution in [2.45, 2.75) is 6.61 Å². The highest BCUT2D eigenvalue weighted by Gasteiger charge is 2.28. The fourth-order valence-electron chi connectivity index (χ4n) is 2.34. The van der Waals surface area contributed by atoms with E-state index in [0.717, 1.165) is 16.7 Å². The normalized spacial score (nSPS) is 12.9. The van der Waals surface area contributed by atoms with Crippen LogP contribution in [0, 0.1) is 0 Å². The molecule has 0 atom stereocenters. The third-order valence-electron chi connectivity index (χ3n) is 3.24. The molecule has 0 unspecified atom stereocenters. The number of hydrogen-bond donors (Lipinski definition) is 0. The molecule has 0 aromatic heterocycles. The molecule has 0 spiro atoms. The average Bonchev–Trinajstić information content (AvgIpc) is 2.88. The van der Waals surface area contributed by atoms with Gasteiger partial charge in [-0.1, -0.05) is 36.4 Å². The van der Waals surface area contributed by atoms with Crippen molar-refractivity contribution in [1.29, 1.82) is 0 Å². The molecule has 102 valence electrons. The number of ether oxygens (including phenoxy) is 3. The Morgan fingerprint density at radius 3 is 2.70 bits per heavy atom. The quantitative estimate of drug-likeness (QED) is 0.633. The summed E-state index contributed by atoms with van der Waals surface area (Å²) in [7, 11) is 1.54. The summed E-state index contributed by atoms with van der Waals surface area (Å²) >= 11 is 0. The lowest BCUT2D eigenvalue weighted by atomic mass is 9.96. The zero-order valence-corrected chi connectivity index (χ0v) is 11.1. The number of carbonyl (C=O) groups is 1. The molecule has 0 N–H and O–H groups in total. The van der Waals surface area contributed by atoms with Crippen LogP contribution in [-0.4, -0.2) is 19.9 Å². The van der Waals surface area contributed by atoms with Gasteiger partial charge < -0.3 is 14.2 Å². The molecule has 2 aromatic rings. The molecule has 0 saturated carbocycles. The van der Waals surface area contributed by atoms with Crippen LogP contribution in [0.25, 0.3) is 11.1 Å². The molecule has 0 fully saturated rings. The summed E-state index contributed by atoms with van der Waals surface area (Å²) in [5, 5.41) is 0. The standard InChI is InChI=1S/C16H14O4/c1-18-10-20-14-8-7-12(11-5-3-2-4-6-11)13-9-19-16(17)15(13)14/h2-8H,9-10H2,1H3. The Bertz CT molecular complexity index is 634. The molecule has 20 heavy (non-hydrogen) atoms. The first-order valence-corrected chi connectivity index (χ1v) is 6.31. The second-order valence-electron chi connectivity index (χ2n) is 4.46. The summed E-state index contributed by atoms with van der Waals surface area (Å²) in [6, 6.07) is 13.6. The van der Waals surface area contributed by atoms with Crippen LogP contribution >= 0.6 is 0 Å². The lowest BCUT2D eigenvalue weighted by Crippen LogP contribution is -2.05. The van der Waals surface area contributed by atoms with Gasteiger partial charge >= 0.3 is 5.97 Å². The predicted molar refractivity (Wildman–Crippen MR) is 73.5 cm³/mol. The maximum atomic E-state index is 11.9. The fourth-order valence-corrected chi connectivity index (χ4v) is 2.34. The van der Waals surface area contributed by atoms with Crippen molar-refractivity contribution >= 4 is 5.97 Å². The molecule has 0 amide bonds. The number of benzene rings is 2. The molecule has 2 aromatic carbocycles. The van der Waals surface area contributed by atoms with Gasteiger partial charge in [0.15, 0.2) is 6.79 Å². The minimum absolute atomic E-state index is 0.102. The SMILES string of the molecule is COCOc1ccc(-c2ccccc2)c2c1C(=O)OC2. The Labute approximate surface area is 116 Å². The molecule has 0 bridgehead atoms. The summed E-state index contributed by atoms with van der Waals surface area (Å²) < 4.78 is 15.5. The van der Waals surface area contributed by atoms with E-state index in [2.05, 4.69) is 0 Å². The first kappa shape index (κ1) is 12.7. The largest absolute Gasteiger partial charge is 0.467 e. The van der Waals surface area contributed by atoms with Crippen molar-refractivity contribution in [1.82, 2.24) is 0 Å². The number of methoxy groups -OCH3 is 1. The summed E-state index contributed by atoms with van der Waals surface area (Å²) in [6.45, 7) is 0.382. The van der Waals surface area contributed by atoms with E-state index in [1.54, 1.807) is 6.07 Å². The van der Waals surface area contributed by atoms with Crippen LogP contribution in [0.15, 0.2) is 42.5 Å². The number of esters is 1. The second kappa shape index (κ2) is 5.35. The number of carbonyl (C=O) groups excluding carboxylic acids is 1. The van der Waals surface area contributed by atoms with E-state index in [1.807, 2.05) is 36.4 Å². The number of rotatable bonds is 4. The third-order valence-corrected chi connectivity index (χ3v) is 3.24. The van der Waals surface area contributed by atoms with Crippen molar-refractivity contribution < 1.29 is 19.0 Å². The van der Waals surface area contributed by atoms with E-state index in [4.69, 9.17) is 14.2 Å². The summed E-state index contributed by atoms with van der Waals surface area (Å²) in [5.74, 6) is 0.160. The number of cyclic esters (lactones) is 1. The summed E-state index contributed by atoms with van der Waals surface area (Å²) in [4.78, 5) is 11.9. The van der Waals surface area contributed by atoms with E-state index in [9.17, 15) is 4.79 Å². The van der Waals surface area contributed by atoms with Crippen LogP contribution in [0.5, 0.6) is 5.75 Å². The monoisotopic (exact) mass is 270 g/mol. The lowest BCUT2D eigenvalue weighted by Gasteiger charge is -2.11. The van der Waals surface area contributed by atoms with E-state index in [0.29, 0.717) is 11.3 Å². The maximum absolute atomic E-state index is 11.9. The molecule has 0 saturated heterocycles. The van der Waals surface area contributed by atoms with E-state index in [-0.39, 0.29) is 19.4 Å². The lowest BCUT2D eigenvalue weighted by molar-refractivity contribution is 0.0460. The Morgan fingerprint density at radius 2 is 1.95 bits per heavy atom. The van der Waals surface area contributed by atoms with Crippen LogP contribution in [0.1, 0.15) is 15.9 Å². The molecule has 0 aliphatic carbocycles. The first-order valence-electron chi connectivity index (χ1n) is 6.31. The minimum atomic E-state index is -0.344. The van der Waals surface area contributed by atoms with Gasteiger partial charge in [0, 0.05) is 12.7 Å². The highest BCUT2D eigenvalue weighted by atomic mass is 16.7. The smallest absolute Gasteiger partial charge is 0.342 e. The summed E-state index contributed by atoms with van der Waals surface area (Å²) in [5.41, 5.74) is 3.43. The maximum Gasteiger partial charge on any atom is 0.342 e. The molecule has 1 aliphatic heterocycles. The zero-order valence-electron chi connectivity index (χ0n) is 11.1. The van der Waals surface area contributed by atoms with Gasteiger partial charge in [-0.25, -0.2) is 4.79 Å². The van der Waals surface area contributed by atoms with Crippen LogP contribution in [0.4, 0.5) is 0 Å². The van der Waals surface area contributed by atoms with Gasteiger partial charge in [-0.2, -0.15) is 0 Å². The Balaban J connectivity index is 2.09. The topological polar surface area (TPSA) is 44.8 Å². The Kier molecular flexibility index (Phi) is 3.39. The Hall–Kier alpha value is -2.33. The first-order chi connectivity index (χ1) is 9.81. The van der Waals surface area contributed by atoms with Gasteiger partial charge in [0.2, 0.25) is 0 Å². The van der Waals surface area contributed by atoms with Gasteiger partial charge in [0.05, 0.1) is 0 Å². The predicted octanol–water partition coefficient (Wildman–Crippen LogP) is 3.01. The van der Waals surface area contributed by atoms with Crippen molar-refractivity contribution in [3.05, 3.63) is 53.6 Å². The molecule has 4 heteroatoms. The molecule has 4 nitrogen and oxygen atoms in total. The highest BCUT2D eigenvalue weighted by molar-refractivity contribution is 5.99. The number of hydrogen-bond acceptors (Lipinski definition) is 4. The van der Waals surface area contributed by atoms with Gasteiger partial charge in [-0.15, -0.1) is 0 Å². The van der Waals surface area contributed by atoms with Crippen LogP contribution < -0.4 is 4.74 Å². The zero-order chi connectivity index (χ0) is 13.9. The molecule has 1 aliphatic rings. The van der Waals surface area contributed by atoms with Gasteiger partial charge in [0.1, 0.15) is 17.9 Å². The average molecular weight is 270 g/mol. The summed E-state index contributed by atoms with van der Waals surface area (Å²) in [6.07, 6.45) is 0. The highest BCUT2D eigenvalue weighted by Crippen LogP contribution is 2.36. The number of fused-ring (bicyclic) bond motifs is 1. The van der Waals surface area contributed by atoms with E-state index in [1.165, 1.54) is 7.11 Å². The third kappa shape index (κ3) is 2.14. The minimum Gasteiger partial charge on any atom is -0.467 e. The van der Waals surface area contributed by atoms with Crippen molar-refractivity contribution in [3.63, 3.8) is 0 Å². The van der Waals surface area contributed by atoms with Gasteiger partial charge in [-0.3, -0.25) is 0 Å². The van der Waals surface area contributed by atoms with Gasteiger partial charge in [-0.05, 0) is 17.2 Å². The molecule has 0 radical (unpaired) electrons. The van der Waals surface area contributed by atoms with Crippen molar-refractivity contribution in [2.75, 3.05) is 13.9 Å². The van der Waals surface area contributed by atoms with Crippen LogP contribution in [-0.2, 0) is 16.1 Å². The van der Waals surface area contributed by atoms with E-state index >= 15 is 0 Å². The molecule has 3 rings (SSSR count). The van der Waals surface area contributed by atoms with Crippen molar-refractivity contribution in [3.8, 4) is 16.9 Å². The van der Waals surface area contributed by atoms with Crippen LogP contribution in [0.3, 0.4) is 0 Å². The van der Waals surface area contributed by atoms with Gasteiger partial charge in [0.25, 0.3) is 0 Å². The fraction of sp³-hybridized carbons (Fsp3) is 0.188. The Morgan fingerprint density at radius 1 is 1.15 bits per heavy atom.